The SMILES string of the molecule is CCOC(=O)CC(=O)C(=O)N1CCCC1. The first-order valence-corrected chi connectivity index (χ1v) is 5.13. The fourth-order valence-corrected chi connectivity index (χ4v) is 1.52. The largest absolute Gasteiger partial charge is 0.466 e. The van der Waals surface area contributed by atoms with Gasteiger partial charge in [0.15, 0.2) is 0 Å². The summed E-state index contributed by atoms with van der Waals surface area (Å²) in [6.45, 7) is 3.12. The summed E-state index contributed by atoms with van der Waals surface area (Å²) in [5.74, 6) is -1.86. The summed E-state index contributed by atoms with van der Waals surface area (Å²) in [7, 11) is 0. The van der Waals surface area contributed by atoms with Crippen LogP contribution in [0.25, 0.3) is 0 Å². The molecular weight excluding hydrogens is 198 g/mol. The van der Waals surface area contributed by atoms with Crippen molar-refractivity contribution >= 4 is 17.7 Å². The molecule has 1 rings (SSSR count). The monoisotopic (exact) mass is 213 g/mol. The van der Waals surface area contributed by atoms with Crippen LogP contribution in [0.15, 0.2) is 0 Å². The molecule has 1 aliphatic heterocycles. The highest BCUT2D eigenvalue weighted by molar-refractivity contribution is 6.38. The highest BCUT2D eigenvalue weighted by atomic mass is 16.5. The first kappa shape index (κ1) is 11.7. The maximum absolute atomic E-state index is 11.5. The van der Waals surface area contributed by atoms with E-state index in [1.54, 1.807) is 6.92 Å². The van der Waals surface area contributed by atoms with E-state index in [2.05, 4.69) is 4.74 Å². The van der Waals surface area contributed by atoms with Crippen molar-refractivity contribution < 1.29 is 19.1 Å². The van der Waals surface area contributed by atoms with Crippen LogP contribution in [-0.4, -0.2) is 42.3 Å². The predicted molar refractivity (Wildman–Crippen MR) is 52.1 cm³/mol. The topological polar surface area (TPSA) is 63.7 Å². The van der Waals surface area contributed by atoms with Gasteiger partial charge in [0.1, 0.15) is 6.42 Å². The van der Waals surface area contributed by atoms with Crippen LogP contribution in [-0.2, 0) is 19.1 Å². The van der Waals surface area contributed by atoms with Gasteiger partial charge in [0.25, 0.3) is 5.91 Å². The van der Waals surface area contributed by atoms with Crippen LogP contribution >= 0.6 is 0 Å². The Hall–Kier alpha value is -1.39. The molecule has 0 bridgehead atoms. The van der Waals surface area contributed by atoms with Crippen LogP contribution in [0.2, 0.25) is 0 Å². The number of esters is 1. The molecule has 0 aliphatic carbocycles. The third-order valence-corrected chi connectivity index (χ3v) is 2.24. The van der Waals surface area contributed by atoms with Gasteiger partial charge in [0, 0.05) is 13.1 Å². The third kappa shape index (κ3) is 3.34. The van der Waals surface area contributed by atoms with Crippen molar-refractivity contribution in [2.75, 3.05) is 19.7 Å². The molecule has 1 aliphatic rings. The number of ether oxygens (including phenoxy) is 1. The summed E-state index contributed by atoms with van der Waals surface area (Å²) >= 11 is 0. The zero-order chi connectivity index (χ0) is 11.3. The van der Waals surface area contributed by atoms with Gasteiger partial charge in [-0.15, -0.1) is 0 Å². The van der Waals surface area contributed by atoms with Gasteiger partial charge in [0.05, 0.1) is 6.61 Å². The van der Waals surface area contributed by atoms with Crippen LogP contribution in [0.4, 0.5) is 0 Å². The second-order valence-electron chi connectivity index (χ2n) is 3.40. The normalized spacial score (nSPS) is 15.1. The first-order valence-electron chi connectivity index (χ1n) is 5.13. The summed E-state index contributed by atoms with van der Waals surface area (Å²) < 4.78 is 4.59. The van der Waals surface area contributed by atoms with E-state index in [0.29, 0.717) is 13.1 Å². The Kier molecular flexibility index (Phi) is 4.27. The number of ketones is 1. The molecule has 5 nitrogen and oxygen atoms in total. The molecule has 0 N–H and O–H groups in total. The molecule has 0 aromatic carbocycles. The zero-order valence-corrected chi connectivity index (χ0v) is 8.82. The Labute approximate surface area is 88.4 Å². The second kappa shape index (κ2) is 5.48. The average Bonchev–Trinajstić information content (AvgIpc) is 2.69. The Morgan fingerprint density at radius 1 is 1.20 bits per heavy atom. The molecule has 0 spiro atoms. The van der Waals surface area contributed by atoms with Crippen LogP contribution in [0.3, 0.4) is 0 Å². The molecular formula is C10H15NO4. The van der Waals surface area contributed by atoms with E-state index in [0.717, 1.165) is 12.8 Å². The Bertz CT molecular complexity index is 269. The molecule has 15 heavy (non-hydrogen) atoms. The predicted octanol–water partition coefficient (Wildman–Crippen LogP) is 0.131. The summed E-state index contributed by atoms with van der Waals surface area (Å²) in [4.78, 5) is 35.2. The smallest absolute Gasteiger partial charge is 0.313 e. The molecule has 1 amide bonds. The summed E-state index contributed by atoms with van der Waals surface area (Å²) in [6, 6.07) is 0. The van der Waals surface area contributed by atoms with E-state index in [4.69, 9.17) is 0 Å². The number of hydrogen-bond donors (Lipinski definition) is 0. The lowest BCUT2D eigenvalue weighted by Gasteiger charge is -2.13. The summed E-state index contributed by atoms with van der Waals surface area (Å²) in [6.07, 6.45) is 1.42. The lowest BCUT2D eigenvalue weighted by molar-refractivity contribution is -0.151. The van der Waals surface area contributed by atoms with Gasteiger partial charge in [-0.3, -0.25) is 14.4 Å². The number of Topliss-reactive ketones (excluding diaryl/α,β-unsaturated/α-hetero) is 1. The number of hydrogen-bond acceptors (Lipinski definition) is 4. The van der Waals surface area contributed by atoms with Crippen molar-refractivity contribution in [3.8, 4) is 0 Å². The van der Waals surface area contributed by atoms with E-state index in [1.165, 1.54) is 4.90 Å². The molecule has 0 radical (unpaired) electrons. The van der Waals surface area contributed by atoms with Crippen molar-refractivity contribution in [1.29, 1.82) is 0 Å². The molecule has 0 aromatic rings. The Morgan fingerprint density at radius 2 is 1.80 bits per heavy atom. The van der Waals surface area contributed by atoms with Crippen LogP contribution in [0.5, 0.6) is 0 Å². The number of carbonyl (C=O) groups is 3. The van der Waals surface area contributed by atoms with E-state index < -0.39 is 24.1 Å². The summed E-state index contributed by atoms with van der Waals surface area (Å²) in [5.41, 5.74) is 0. The minimum absolute atomic E-state index is 0.226. The molecule has 1 heterocycles. The molecule has 1 fully saturated rings. The van der Waals surface area contributed by atoms with Gasteiger partial charge in [-0.2, -0.15) is 0 Å². The van der Waals surface area contributed by atoms with Crippen molar-refractivity contribution in [2.24, 2.45) is 0 Å². The van der Waals surface area contributed by atoms with Crippen molar-refractivity contribution in [1.82, 2.24) is 4.90 Å². The van der Waals surface area contributed by atoms with Crippen LogP contribution in [0, 0.1) is 0 Å². The van der Waals surface area contributed by atoms with Gasteiger partial charge >= 0.3 is 5.97 Å². The van der Waals surface area contributed by atoms with Crippen molar-refractivity contribution in [2.45, 2.75) is 26.2 Å². The number of rotatable bonds is 4. The zero-order valence-electron chi connectivity index (χ0n) is 8.82. The molecule has 0 unspecified atom stereocenters. The second-order valence-corrected chi connectivity index (χ2v) is 3.40. The van der Waals surface area contributed by atoms with E-state index >= 15 is 0 Å². The quantitative estimate of drug-likeness (QED) is 0.378. The standard InChI is InChI=1S/C10H15NO4/c1-2-15-9(13)7-8(12)10(14)11-5-3-4-6-11/h2-7H2,1H3. The lowest BCUT2D eigenvalue weighted by Crippen LogP contribution is -2.35. The Balaban J connectivity index is 2.39. The molecule has 0 atom stereocenters. The first-order chi connectivity index (χ1) is 7.15. The maximum atomic E-state index is 11.5. The van der Waals surface area contributed by atoms with E-state index in [-0.39, 0.29) is 6.61 Å². The molecule has 5 heteroatoms. The maximum Gasteiger partial charge on any atom is 0.313 e. The number of carbonyl (C=O) groups excluding carboxylic acids is 3. The number of nitrogens with zero attached hydrogens (tertiary/aromatic N) is 1. The van der Waals surface area contributed by atoms with Gasteiger partial charge in [-0.05, 0) is 19.8 Å². The van der Waals surface area contributed by atoms with Crippen molar-refractivity contribution in [3.63, 3.8) is 0 Å². The average molecular weight is 213 g/mol. The molecule has 1 saturated heterocycles. The van der Waals surface area contributed by atoms with Crippen LogP contribution in [0.1, 0.15) is 26.2 Å². The fourth-order valence-electron chi connectivity index (χ4n) is 1.52. The molecule has 84 valence electrons. The summed E-state index contributed by atoms with van der Waals surface area (Å²) in [5, 5.41) is 0. The van der Waals surface area contributed by atoms with E-state index in [1.807, 2.05) is 0 Å². The van der Waals surface area contributed by atoms with Gasteiger partial charge < -0.3 is 9.64 Å². The highest BCUT2D eigenvalue weighted by Crippen LogP contribution is 2.08. The third-order valence-electron chi connectivity index (χ3n) is 2.24. The fraction of sp³-hybridized carbons (Fsp3) is 0.700. The number of likely N-dealkylation sites (tertiary alicyclic amines) is 1. The molecule has 0 saturated carbocycles. The highest BCUT2D eigenvalue weighted by Gasteiger charge is 2.26. The minimum atomic E-state index is -0.671. The van der Waals surface area contributed by atoms with Gasteiger partial charge in [0.2, 0.25) is 5.78 Å². The van der Waals surface area contributed by atoms with Crippen LogP contribution < -0.4 is 0 Å². The minimum Gasteiger partial charge on any atom is -0.466 e. The molecule has 0 aromatic heterocycles. The van der Waals surface area contributed by atoms with Gasteiger partial charge in [-0.1, -0.05) is 0 Å². The Morgan fingerprint density at radius 3 is 2.33 bits per heavy atom. The van der Waals surface area contributed by atoms with Crippen molar-refractivity contribution in [3.05, 3.63) is 0 Å². The van der Waals surface area contributed by atoms with Gasteiger partial charge in [-0.25, -0.2) is 0 Å². The number of amides is 1. The van der Waals surface area contributed by atoms with E-state index in [9.17, 15) is 14.4 Å². The lowest BCUT2D eigenvalue weighted by atomic mass is 10.2.